The van der Waals surface area contributed by atoms with Gasteiger partial charge in [-0.05, 0) is 38.5 Å². The first-order valence-electron chi connectivity index (χ1n) is 11.4. The van der Waals surface area contributed by atoms with Gasteiger partial charge in [-0.2, -0.15) is 0 Å². The molecule has 5 rings (SSSR count). The Balaban J connectivity index is 1.49. The lowest BCUT2D eigenvalue weighted by Gasteiger charge is -2.18. The number of hydrogen-bond acceptors (Lipinski definition) is 6. The van der Waals surface area contributed by atoms with Crippen LogP contribution in [-0.4, -0.2) is 39.6 Å². The van der Waals surface area contributed by atoms with E-state index in [0.29, 0.717) is 33.0 Å². The van der Waals surface area contributed by atoms with Gasteiger partial charge >= 0.3 is 0 Å². The predicted molar refractivity (Wildman–Crippen MR) is 126 cm³/mol. The number of fused-ring (bicyclic) bond motifs is 3. The molecule has 0 radical (unpaired) electrons. The van der Waals surface area contributed by atoms with E-state index in [9.17, 15) is 0 Å². The molecule has 7 nitrogen and oxygen atoms in total. The number of rotatable bonds is 8. The van der Waals surface area contributed by atoms with Crippen LogP contribution in [0.2, 0.25) is 0 Å². The van der Waals surface area contributed by atoms with Crippen LogP contribution in [-0.2, 0) is 34.0 Å². The van der Waals surface area contributed by atoms with Gasteiger partial charge < -0.3 is 23.5 Å². The summed E-state index contributed by atoms with van der Waals surface area (Å²) in [5.74, 6) is 1.07. The minimum atomic E-state index is -0.574. The van der Waals surface area contributed by atoms with Crippen molar-refractivity contribution in [3.8, 4) is 5.75 Å². The molecule has 1 fully saturated rings. The second-order valence-electron chi connectivity index (χ2n) is 8.67. The summed E-state index contributed by atoms with van der Waals surface area (Å²) in [5, 5.41) is 1.02. The van der Waals surface area contributed by atoms with Crippen molar-refractivity contribution in [3.05, 3.63) is 66.1 Å². The molecule has 0 aliphatic carbocycles. The van der Waals surface area contributed by atoms with Crippen molar-refractivity contribution < 1.29 is 18.9 Å². The van der Waals surface area contributed by atoms with Crippen molar-refractivity contribution in [3.63, 3.8) is 0 Å². The molecule has 33 heavy (non-hydrogen) atoms. The van der Waals surface area contributed by atoms with E-state index in [1.165, 1.54) is 0 Å². The summed E-state index contributed by atoms with van der Waals surface area (Å²) >= 11 is 0. The van der Waals surface area contributed by atoms with Gasteiger partial charge in [0.1, 0.15) is 36.4 Å². The van der Waals surface area contributed by atoms with Crippen molar-refractivity contribution in [1.82, 2.24) is 14.5 Å². The number of imidazole rings is 1. The van der Waals surface area contributed by atoms with E-state index in [1.807, 2.05) is 57.3 Å². The zero-order chi connectivity index (χ0) is 22.8. The van der Waals surface area contributed by atoms with Gasteiger partial charge in [0.15, 0.2) is 5.79 Å². The van der Waals surface area contributed by atoms with Crippen LogP contribution in [0.1, 0.15) is 32.2 Å². The number of hydrogen-bond donors (Lipinski definition) is 0. The van der Waals surface area contributed by atoms with Gasteiger partial charge in [-0.1, -0.05) is 30.3 Å². The summed E-state index contributed by atoms with van der Waals surface area (Å²) in [4.78, 5) is 9.49. The fourth-order valence-corrected chi connectivity index (χ4v) is 4.23. The number of aromatic nitrogens is 3. The van der Waals surface area contributed by atoms with Crippen LogP contribution in [0.15, 0.2) is 54.7 Å². The third kappa shape index (κ3) is 4.71. The van der Waals surface area contributed by atoms with Crippen LogP contribution in [0.4, 0.5) is 0 Å². The number of benzene rings is 2. The van der Waals surface area contributed by atoms with Crippen LogP contribution in [0, 0.1) is 0 Å². The first-order chi connectivity index (χ1) is 16.0. The lowest BCUT2D eigenvalue weighted by atomic mass is 10.1. The molecule has 1 atom stereocenters. The lowest BCUT2D eigenvalue weighted by Crippen LogP contribution is -2.25. The first-order valence-corrected chi connectivity index (χ1v) is 11.4. The minimum absolute atomic E-state index is 0.0607. The van der Waals surface area contributed by atoms with Crippen LogP contribution < -0.4 is 4.74 Å². The molecular formula is C26H29N3O4. The Morgan fingerprint density at radius 1 is 1.09 bits per heavy atom. The highest BCUT2D eigenvalue weighted by molar-refractivity contribution is 6.02. The van der Waals surface area contributed by atoms with Crippen molar-refractivity contribution in [2.24, 2.45) is 0 Å². The summed E-state index contributed by atoms with van der Waals surface area (Å²) in [6.07, 6.45) is 1.76. The zero-order valence-electron chi connectivity index (χ0n) is 19.3. The molecule has 0 bridgehead atoms. The summed E-state index contributed by atoms with van der Waals surface area (Å²) in [6, 6.07) is 16.2. The topological polar surface area (TPSA) is 67.6 Å². The molecule has 172 valence electrons. The molecule has 1 aliphatic rings. The molecule has 1 aliphatic heterocycles. The zero-order valence-corrected chi connectivity index (χ0v) is 19.3. The Kier molecular flexibility index (Phi) is 6.01. The number of nitrogens with zero attached hydrogens (tertiary/aromatic N) is 3. The maximum atomic E-state index is 6.09. The quantitative estimate of drug-likeness (QED) is 0.385. The van der Waals surface area contributed by atoms with E-state index in [1.54, 1.807) is 0 Å². The molecule has 2 aromatic heterocycles. The van der Waals surface area contributed by atoms with Gasteiger partial charge in [0.25, 0.3) is 0 Å². The Morgan fingerprint density at radius 2 is 1.94 bits per heavy atom. The molecule has 1 unspecified atom stereocenters. The van der Waals surface area contributed by atoms with Gasteiger partial charge in [-0.3, -0.25) is 4.98 Å². The Morgan fingerprint density at radius 3 is 2.70 bits per heavy atom. The molecule has 4 aromatic rings. The predicted octanol–water partition coefficient (Wildman–Crippen LogP) is 4.85. The van der Waals surface area contributed by atoms with E-state index >= 15 is 0 Å². The summed E-state index contributed by atoms with van der Waals surface area (Å²) in [7, 11) is 0. The minimum Gasteiger partial charge on any atom is -0.489 e. The smallest absolute Gasteiger partial charge is 0.163 e. The standard InChI is InChI=1S/C26H29N3O4/c1-4-30-17-24-28-23-13-27-22-12-19(31-15-18-8-6-5-7-9-18)10-11-21(22)25(23)29(24)14-20-16-32-26(2,3)33-20/h5-13,20H,4,14-17H2,1-3H3. The van der Waals surface area contributed by atoms with Crippen molar-refractivity contribution >= 4 is 21.9 Å². The maximum Gasteiger partial charge on any atom is 0.163 e. The number of pyridine rings is 1. The van der Waals surface area contributed by atoms with Gasteiger partial charge in [-0.15, -0.1) is 0 Å². The van der Waals surface area contributed by atoms with Crippen LogP contribution >= 0.6 is 0 Å². The SMILES string of the molecule is CCOCc1nc2cnc3cc(OCc4ccccc4)ccc3c2n1CC1COC(C)(C)O1. The van der Waals surface area contributed by atoms with Crippen molar-refractivity contribution in [1.29, 1.82) is 0 Å². The monoisotopic (exact) mass is 447 g/mol. The average Bonchev–Trinajstić information content (AvgIpc) is 3.35. The van der Waals surface area contributed by atoms with E-state index in [2.05, 4.69) is 27.8 Å². The van der Waals surface area contributed by atoms with Crippen molar-refractivity contribution in [2.45, 2.75) is 52.4 Å². The summed E-state index contributed by atoms with van der Waals surface area (Å²) in [5.41, 5.74) is 3.86. The van der Waals surface area contributed by atoms with Gasteiger partial charge in [0.05, 0.1) is 30.4 Å². The van der Waals surface area contributed by atoms with E-state index in [4.69, 9.17) is 23.9 Å². The first kappa shape index (κ1) is 21.8. The van der Waals surface area contributed by atoms with Crippen LogP contribution in [0.3, 0.4) is 0 Å². The largest absolute Gasteiger partial charge is 0.489 e. The molecule has 0 spiro atoms. The highest BCUT2D eigenvalue weighted by Crippen LogP contribution is 2.30. The Labute approximate surface area is 193 Å². The molecule has 1 saturated heterocycles. The second kappa shape index (κ2) is 9.09. The summed E-state index contributed by atoms with van der Waals surface area (Å²) < 4.78 is 25.8. The molecular weight excluding hydrogens is 418 g/mol. The second-order valence-corrected chi connectivity index (χ2v) is 8.67. The highest BCUT2D eigenvalue weighted by atomic mass is 16.7. The molecule has 3 heterocycles. The Hall–Kier alpha value is -3.00. The maximum absolute atomic E-state index is 6.09. The average molecular weight is 448 g/mol. The fourth-order valence-electron chi connectivity index (χ4n) is 4.23. The van der Waals surface area contributed by atoms with Crippen molar-refractivity contribution in [2.75, 3.05) is 13.2 Å². The molecule has 0 amide bonds. The lowest BCUT2D eigenvalue weighted by molar-refractivity contribution is -0.139. The van der Waals surface area contributed by atoms with Crippen LogP contribution in [0.5, 0.6) is 5.75 Å². The third-order valence-electron chi connectivity index (χ3n) is 5.76. The fraction of sp³-hybridized carbons (Fsp3) is 0.385. The number of ether oxygens (including phenoxy) is 4. The van der Waals surface area contributed by atoms with Gasteiger partial charge in [0.2, 0.25) is 0 Å². The van der Waals surface area contributed by atoms with E-state index in [-0.39, 0.29) is 6.10 Å². The Bertz CT molecular complexity index is 1250. The van der Waals surface area contributed by atoms with Gasteiger partial charge in [-0.25, -0.2) is 4.98 Å². The molecule has 0 saturated carbocycles. The normalized spacial score (nSPS) is 17.7. The third-order valence-corrected chi connectivity index (χ3v) is 5.76. The van der Waals surface area contributed by atoms with E-state index < -0.39 is 5.79 Å². The molecule has 2 aromatic carbocycles. The van der Waals surface area contributed by atoms with E-state index in [0.717, 1.165) is 39.1 Å². The molecule has 0 N–H and O–H groups in total. The summed E-state index contributed by atoms with van der Waals surface area (Å²) in [6.45, 7) is 8.61. The van der Waals surface area contributed by atoms with Crippen LogP contribution in [0.25, 0.3) is 21.9 Å². The molecule has 7 heteroatoms. The van der Waals surface area contributed by atoms with Gasteiger partial charge in [0, 0.05) is 18.1 Å². The highest BCUT2D eigenvalue weighted by Gasteiger charge is 2.33.